The molecule has 1 saturated heterocycles. The van der Waals surface area contributed by atoms with Crippen molar-refractivity contribution < 1.29 is 18.3 Å². The van der Waals surface area contributed by atoms with Crippen LogP contribution in [0.3, 0.4) is 0 Å². The molecule has 6 heteroatoms. The summed E-state index contributed by atoms with van der Waals surface area (Å²) in [4.78, 5) is 4.45. The monoisotopic (exact) mass is 302 g/mol. The van der Waals surface area contributed by atoms with Crippen LogP contribution in [0.5, 0.6) is 0 Å². The Morgan fingerprint density at radius 1 is 1.10 bits per heavy atom. The zero-order valence-corrected chi connectivity index (χ0v) is 12.1. The Hall–Kier alpha value is -1.11. The molecule has 1 atom stereocenters. The Balaban J connectivity index is 1.96. The topological polar surface area (TPSA) is 26.7 Å². The van der Waals surface area contributed by atoms with E-state index in [-0.39, 0.29) is 12.6 Å². The highest BCUT2D eigenvalue weighted by Crippen LogP contribution is 2.30. The molecule has 0 bridgehead atoms. The SMILES string of the molecule is CC(c1ccc(C(F)(F)F)cc1)N1CCN(CCO)CC1. The van der Waals surface area contributed by atoms with Gasteiger partial charge in [-0.3, -0.25) is 9.80 Å². The van der Waals surface area contributed by atoms with Gasteiger partial charge < -0.3 is 5.11 Å². The Kier molecular flexibility index (Phi) is 5.24. The van der Waals surface area contributed by atoms with Crippen molar-refractivity contribution in [3.63, 3.8) is 0 Å². The minimum atomic E-state index is -4.28. The summed E-state index contributed by atoms with van der Waals surface area (Å²) in [6.07, 6.45) is -4.28. The fourth-order valence-electron chi connectivity index (χ4n) is 2.68. The van der Waals surface area contributed by atoms with Crippen LogP contribution in [0.4, 0.5) is 13.2 Å². The number of nitrogens with zero attached hydrogens (tertiary/aromatic N) is 2. The fourth-order valence-corrected chi connectivity index (χ4v) is 2.68. The largest absolute Gasteiger partial charge is 0.416 e. The molecule has 0 aliphatic carbocycles. The summed E-state index contributed by atoms with van der Waals surface area (Å²) >= 11 is 0. The molecule has 2 rings (SSSR count). The third-order valence-electron chi connectivity index (χ3n) is 4.09. The van der Waals surface area contributed by atoms with Crippen molar-refractivity contribution >= 4 is 0 Å². The second-order valence-corrected chi connectivity index (χ2v) is 5.40. The molecular weight excluding hydrogens is 281 g/mol. The minimum Gasteiger partial charge on any atom is -0.395 e. The Labute approximate surface area is 123 Å². The van der Waals surface area contributed by atoms with Gasteiger partial charge in [-0.05, 0) is 24.6 Å². The van der Waals surface area contributed by atoms with Crippen LogP contribution in [0.15, 0.2) is 24.3 Å². The first-order chi connectivity index (χ1) is 9.91. The van der Waals surface area contributed by atoms with Crippen molar-refractivity contribution in [2.45, 2.75) is 19.1 Å². The maximum atomic E-state index is 12.6. The molecule has 0 aromatic heterocycles. The quantitative estimate of drug-likeness (QED) is 0.925. The van der Waals surface area contributed by atoms with Gasteiger partial charge in [-0.1, -0.05) is 12.1 Å². The number of aliphatic hydroxyl groups is 1. The highest BCUT2D eigenvalue weighted by molar-refractivity contribution is 5.26. The average Bonchev–Trinajstić information content (AvgIpc) is 2.47. The first kappa shape index (κ1) is 16.3. The molecule has 1 aromatic carbocycles. The summed E-state index contributed by atoms with van der Waals surface area (Å²) in [6, 6.07) is 5.52. The number of benzene rings is 1. The van der Waals surface area contributed by atoms with Crippen molar-refractivity contribution in [1.29, 1.82) is 0 Å². The Bertz CT molecular complexity index is 439. The van der Waals surface area contributed by atoms with Gasteiger partial charge >= 0.3 is 6.18 Å². The van der Waals surface area contributed by atoms with E-state index < -0.39 is 11.7 Å². The second kappa shape index (κ2) is 6.77. The van der Waals surface area contributed by atoms with E-state index in [1.165, 1.54) is 0 Å². The molecule has 118 valence electrons. The lowest BCUT2D eigenvalue weighted by atomic mass is 10.0. The summed E-state index contributed by atoms with van der Waals surface area (Å²) in [6.45, 7) is 6.35. The molecule has 0 saturated carbocycles. The van der Waals surface area contributed by atoms with Gasteiger partial charge in [-0.2, -0.15) is 13.2 Å². The average molecular weight is 302 g/mol. The van der Waals surface area contributed by atoms with Crippen LogP contribution in [0.25, 0.3) is 0 Å². The lowest BCUT2D eigenvalue weighted by molar-refractivity contribution is -0.137. The van der Waals surface area contributed by atoms with Crippen LogP contribution >= 0.6 is 0 Å². The predicted molar refractivity (Wildman–Crippen MR) is 75.0 cm³/mol. The van der Waals surface area contributed by atoms with Gasteiger partial charge in [0.2, 0.25) is 0 Å². The lowest BCUT2D eigenvalue weighted by Gasteiger charge is -2.38. The van der Waals surface area contributed by atoms with Crippen molar-refractivity contribution in [3.05, 3.63) is 35.4 Å². The van der Waals surface area contributed by atoms with Crippen LogP contribution < -0.4 is 0 Å². The molecule has 1 fully saturated rings. The molecular formula is C15H21F3N2O. The van der Waals surface area contributed by atoms with Crippen molar-refractivity contribution in [2.75, 3.05) is 39.3 Å². The van der Waals surface area contributed by atoms with E-state index in [0.29, 0.717) is 6.54 Å². The zero-order chi connectivity index (χ0) is 15.5. The zero-order valence-electron chi connectivity index (χ0n) is 12.1. The maximum Gasteiger partial charge on any atom is 0.416 e. The molecule has 0 spiro atoms. The standard InChI is InChI=1S/C15H21F3N2O/c1-12(20-8-6-19(7-9-20)10-11-21)13-2-4-14(5-3-13)15(16,17)18/h2-5,12,21H,6-11H2,1H3. The Morgan fingerprint density at radius 3 is 2.14 bits per heavy atom. The molecule has 1 N–H and O–H groups in total. The molecule has 3 nitrogen and oxygen atoms in total. The number of piperazine rings is 1. The summed E-state index contributed by atoms with van der Waals surface area (Å²) in [5.74, 6) is 0. The molecule has 1 aliphatic rings. The number of hydrogen-bond donors (Lipinski definition) is 1. The summed E-state index contributed by atoms with van der Waals surface area (Å²) < 4.78 is 37.7. The van der Waals surface area contributed by atoms with Gasteiger partial charge in [0.25, 0.3) is 0 Å². The van der Waals surface area contributed by atoms with Crippen molar-refractivity contribution in [2.24, 2.45) is 0 Å². The van der Waals surface area contributed by atoms with Crippen LogP contribution in [0.2, 0.25) is 0 Å². The van der Waals surface area contributed by atoms with E-state index in [1.807, 2.05) is 6.92 Å². The van der Waals surface area contributed by atoms with E-state index in [9.17, 15) is 13.2 Å². The first-order valence-electron chi connectivity index (χ1n) is 7.16. The van der Waals surface area contributed by atoms with Crippen LogP contribution in [-0.2, 0) is 6.18 Å². The number of rotatable bonds is 4. The van der Waals surface area contributed by atoms with E-state index in [1.54, 1.807) is 12.1 Å². The molecule has 1 aliphatic heterocycles. The molecule has 21 heavy (non-hydrogen) atoms. The van der Waals surface area contributed by atoms with E-state index in [0.717, 1.165) is 43.9 Å². The van der Waals surface area contributed by atoms with Gasteiger partial charge in [0.15, 0.2) is 0 Å². The van der Waals surface area contributed by atoms with Gasteiger partial charge in [-0.15, -0.1) is 0 Å². The van der Waals surface area contributed by atoms with E-state index >= 15 is 0 Å². The van der Waals surface area contributed by atoms with Gasteiger partial charge in [0.05, 0.1) is 12.2 Å². The highest BCUT2D eigenvalue weighted by Gasteiger charge is 2.30. The summed E-state index contributed by atoms with van der Waals surface area (Å²) in [5.41, 5.74) is 0.296. The molecule has 0 radical (unpaired) electrons. The van der Waals surface area contributed by atoms with E-state index in [4.69, 9.17) is 5.11 Å². The first-order valence-corrected chi connectivity index (χ1v) is 7.16. The number of aliphatic hydroxyl groups excluding tert-OH is 1. The number of halogens is 3. The fraction of sp³-hybridized carbons (Fsp3) is 0.600. The molecule has 1 unspecified atom stereocenters. The number of alkyl halides is 3. The normalized spacial score (nSPS) is 19.7. The predicted octanol–water partition coefficient (Wildman–Crippen LogP) is 2.38. The molecule has 0 amide bonds. The number of β-amino-alcohol motifs (C(OH)–C–C–N with tert-alkyl or cyclic N) is 1. The third-order valence-corrected chi connectivity index (χ3v) is 4.09. The maximum absolute atomic E-state index is 12.6. The van der Waals surface area contributed by atoms with Crippen molar-refractivity contribution in [3.8, 4) is 0 Å². The number of hydrogen-bond acceptors (Lipinski definition) is 3. The molecule has 1 heterocycles. The highest BCUT2D eigenvalue weighted by atomic mass is 19.4. The lowest BCUT2D eigenvalue weighted by Crippen LogP contribution is -2.47. The van der Waals surface area contributed by atoms with Crippen LogP contribution in [-0.4, -0.2) is 54.2 Å². The van der Waals surface area contributed by atoms with Gasteiger partial charge in [0.1, 0.15) is 0 Å². The smallest absolute Gasteiger partial charge is 0.395 e. The van der Waals surface area contributed by atoms with E-state index in [2.05, 4.69) is 9.80 Å². The summed E-state index contributed by atoms with van der Waals surface area (Å²) in [5, 5.41) is 8.92. The van der Waals surface area contributed by atoms with Crippen molar-refractivity contribution in [1.82, 2.24) is 9.80 Å². The third kappa shape index (κ3) is 4.18. The van der Waals surface area contributed by atoms with Gasteiger partial charge in [0, 0.05) is 38.8 Å². The Morgan fingerprint density at radius 2 is 1.67 bits per heavy atom. The van der Waals surface area contributed by atoms with Crippen LogP contribution in [0.1, 0.15) is 24.1 Å². The second-order valence-electron chi connectivity index (χ2n) is 5.40. The minimum absolute atomic E-state index is 0.101. The van der Waals surface area contributed by atoms with Gasteiger partial charge in [-0.25, -0.2) is 0 Å². The molecule has 1 aromatic rings. The van der Waals surface area contributed by atoms with Crippen LogP contribution in [0, 0.1) is 0 Å². The summed E-state index contributed by atoms with van der Waals surface area (Å²) in [7, 11) is 0.